The van der Waals surface area contributed by atoms with Gasteiger partial charge in [0.25, 0.3) is 0 Å². The number of unbranched alkanes of at least 4 members (excludes halogenated alkanes) is 2. The number of amides is 3. The minimum atomic E-state index is -4.29. The maximum absolute atomic E-state index is 12.1. The molecule has 30 heavy (non-hydrogen) atoms. The maximum Gasteiger partial charge on any atom is 0.315 e. The van der Waals surface area contributed by atoms with E-state index in [1.807, 2.05) is 18.7 Å². The van der Waals surface area contributed by atoms with Crippen molar-refractivity contribution >= 4 is 33.8 Å². The highest BCUT2D eigenvalue weighted by Gasteiger charge is 2.42. The molecular formula is C19H36N4O5S2. The van der Waals surface area contributed by atoms with Crippen LogP contribution in [0.1, 0.15) is 51.9 Å². The summed E-state index contributed by atoms with van der Waals surface area (Å²) >= 11 is 1.88. The third-order valence-electron chi connectivity index (χ3n) is 5.80. The second-order valence-corrected chi connectivity index (χ2v) is 11.3. The third kappa shape index (κ3) is 8.60. The lowest BCUT2D eigenvalue weighted by Gasteiger charge is -2.35. The molecule has 3 amide bonds. The highest BCUT2D eigenvalue weighted by atomic mass is 32.2. The number of fused-ring (bicyclic) bond motifs is 1. The molecule has 0 aromatic carbocycles. The van der Waals surface area contributed by atoms with Gasteiger partial charge in [0, 0.05) is 30.4 Å². The largest absolute Gasteiger partial charge is 0.744 e. The summed E-state index contributed by atoms with van der Waals surface area (Å²) in [5.74, 6) is 0.539. The first-order valence-electron chi connectivity index (χ1n) is 10.8. The van der Waals surface area contributed by atoms with Crippen LogP contribution in [0.25, 0.3) is 0 Å². The first-order chi connectivity index (χ1) is 14.1. The average molecular weight is 465 g/mol. The molecule has 0 bridgehead atoms. The van der Waals surface area contributed by atoms with E-state index in [9.17, 15) is 22.6 Å². The normalized spacial score (nSPS) is 25.3. The number of rotatable bonds is 14. The molecule has 3 N–H and O–H groups in total. The predicted octanol–water partition coefficient (Wildman–Crippen LogP) is 0.968. The van der Waals surface area contributed by atoms with Crippen LogP contribution in [0, 0.1) is 0 Å². The van der Waals surface area contributed by atoms with E-state index in [2.05, 4.69) is 16.0 Å². The molecule has 2 heterocycles. The summed E-state index contributed by atoms with van der Waals surface area (Å²) in [7, 11) is -2.50. The molecule has 9 nitrogen and oxygen atoms in total. The maximum atomic E-state index is 12.1. The van der Waals surface area contributed by atoms with Gasteiger partial charge in [-0.1, -0.05) is 19.8 Å². The minimum Gasteiger partial charge on any atom is -0.744 e. The number of thioether (sulfide) groups is 1. The van der Waals surface area contributed by atoms with Gasteiger partial charge in [0.15, 0.2) is 5.88 Å². The lowest BCUT2D eigenvalue weighted by Crippen LogP contribution is -2.49. The van der Waals surface area contributed by atoms with Crippen LogP contribution < -0.4 is 16.0 Å². The Balaban J connectivity index is 1.58. The van der Waals surface area contributed by atoms with Gasteiger partial charge >= 0.3 is 6.03 Å². The number of quaternary nitrogens is 1. The van der Waals surface area contributed by atoms with Gasteiger partial charge in [-0.2, -0.15) is 11.8 Å². The van der Waals surface area contributed by atoms with E-state index >= 15 is 0 Å². The Hall–Kier alpha value is -1.04. The van der Waals surface area contributed by atoms with Crippen molar-refractivity contribution in [2.24, 2.45) is 0 Å². The molecule has 2 fully saturated rings. The topological polar surface area (TPSA) is 127 Å². The number of urea groups is 1. The van der Waals surface area contributed by atoms with Crippen molar-refractivity contribution < 1.29 is 27.0 Å². The fraction of sp³-hybridized carbons (Fsp3) is 0.895. The van der Waals surface area contributed by atoms with Gasteiger partial charge in [0.1, 0.15) is 10.1 Å². The second-order valence-electron chi connectivity index (χ2n) is 8.68. The third-order valence-corrected chi connectivity index (χ3v) is 8.25. The lowest BCUT2D eigenvalue weighted by molar-refractivity contribution is -0.898. The summed E-state index contributed by atoms with van der Waals surface area (Å²) in [6, 6.07) is 0.357. The van der Waals surface area contributed by atoms with Crippen molar-refractivity contribution in [3.05, 3.63) is 0 Å². The summed E-state index contributed by atoms with van der Waals surface area (Å²) in [5.41, 5.74) is 0. The van der Waals surface area contributed by atoms with Gasteiger partial charge in [0.2, 0.25) is 5.91 Å². The van der Waals surface area contributed by atoms with Gasteiger partial charge < -0.3 is 25.0 Å². The standard InChI is InChI=1S/C19H36N4O5S2/c1-3-4-11-23(2,14-30(26,27)28)12-7-10-20-17(24)9-6-5-8-16-18-15(13-29-16)21-19(25)22-18/h15-16,18H,3-14H2,1-2H3,(H3-,20,21,22,24,25,26,27,28). The first kappa shape index (κ1) is 25.2. The van der Waals surface area contributed by atoms with Crippen LogP contribution in [0.4, 0.5) is 4.79 Å². The second kappa shape index (κ2) is 11.5. The molecule has 0 aromatic rings. The van der Waals surface area contributed by atoms with Crippen molar-refractivity contribution in [1.29, 1.82) is 0 Å². The molecule has 0 radical (unpaired) electrons. The van der Waals surface area contributed by atoms with E-state index in [1.165, 1.54) is 0 Å². The summed E-state index contributed by atoms with van der Waals surface area (Å²) in [4.78, 5) is 23.5. The summed E-state index contributed by atoms with van der Waals surface area (Å²) < 4.78 is 33.8. The van der Waals surface area contributed by atoms with E-state index in [-0.39, 0.29) is 28.5 Å². The van der Waals surface area contributed by atoms with Crippen LogP contribution in [-0.4, -0.2) is 85.0 Å². The summed E-state index contributed by atoms with van der Waals surface area (Å²) in [5, 5.41) is 9.22. The molecule has 2 saturated heterocycles. The highest BCUT2D eigenvalue weighted by Crippen LogP contribution is 2.33. The Kier molecular flexibility index (Phi) is 9.70. The number of carbonyl (C=O) groups excluding carboxylic acids is 2. The van der Waals surface area contributed by atoms with E-state index in [0.717, 1.165) is 37.9 Å². The minimum absolute atomic E-state index is 0.00185. The summed E-state index contributed by atoms with van der Waals surface area (Å²) in [6.07, 6.45) is 5.63. The molecule has 11 heteroatoms. The van der Waals surface area contributed by atoms with E-state index in [0.29, 0.717) is 37.7 Å². The molecule has 2 rings (SSSR count). The fourth-order valence-corrected chi connectivity index (χ4v) is 6.78. The van der Waals surface area contributed by atoms with Crippen LogP contribution in [-0.2, 0) is 14.9 Å². The van der Waals surface area contributed by atoms with Crippen molar-refractivity contribution in [3.63, 3.8) is 0 Å². The van der Waals surface area contributed by atoms with E-state index in [4.69, 9.17) is 0 Å². The quantitative estimate of drug-likeness (QED) is 0.152. The molecule has 0 spiro atoms. The SMILES string of the molecule is CCCC[N+](C)(CCCNC(=O)CCCCC1SCC2NC(=O)NC21)CS(=O)(=O)[O-]. The first-order valence-corrected chi connectivity index (χ1v) is 13.5. The number of carbonyl (C=O) groups is 2. The van der Waals surface area contributed by atoms with Crippen molar-refractivity contribution in [1.82, 2.24) is 16.0 Å². The molecule has 174 valence electrons. The van der Waals surface area contributed by atoms with Crippen LogP contribution in [0.3, 0.4) is 0 Å². The molecule has 2 aliphatic heterocycles. The summed E-state index contributed by atoms with van der Waals surface area (Å²) in [6.45, 7) is 3.70. The molecule has 2 aliphatic rings. The van der Waals surface area contributed by atoms with Crippen LogP contribution in [0.2, 0.25) is 0 Å². The Morgan fingerprint density at radius 1 is 1.23 bits per heavy atom. The molecule has 4 unspecified atom stereocenters. The zero-order valence-corrected chi connectivity index (χ0v) is 19.7. The van der Waals surface area contributed by atoms with Crippen molar-refractivity contribution in [3.8, 4) is 0 Å². The molecule has 4 atom stereocenters. The number of hydrogen-bond donors (Lipinski definition) is 3. The predicted molar refractivity (Wildman–Crippen MR) is 117 cm³/mol. The molecule has 0 aliphatic carbocycles. The number of nitrogens with one attached hydrogen (secondary N) is 3. The Bertz CT molecular complexity index is 690. The smallest absolute Gasteiger partial charge is 0.315 e. The van der Waals surface area contributed by atoms with E-state index < -0.39 is 16.0 Å². The molecule has 0 aromatic heterocycles. The lowest BCUT2D eigenvalue weighted by atomic mass is 10.0. The number of hydrogen-bond acceptors (Lipinski definition) is 6. The molecule has 0 saturated carbocycles. The van der Waals surface area contributed by atoms with Gasteiger partial charge in [-0.15, -0.1) is 0 Å². The zero-order chi connectivity index (χ0) is 22.2. The Morgan fingerprint density at radius 3 is 2.67 bits per heavy atom. The van der Waals surface area contributed by atoms with Crippen molar-refractivity contribution in [2.75, 3.05) is 38.3 Å². The Labute approximate surface area is 184 Å². The van der Waals surface area contributed by atoms with Crippen LogP contribution in [0.15, 0.2) is 0 Å². The van der Waals surface area contributed by atoms with Crippen molar-refractivity contribution in [2.45, 2.75) is 69.2 Å². The number of nitrogens with zero attached hydrogens (tertiary/aromatic N) is 1. The van der Waals surface area contributed by atoms with Gasteiger partial charge in [-0.3, -0.25) is 4.79 Å². The molecular weight excluding hydrogens is 428 g/mol. The monoisotopic (exact) mass is 464 g/mol. The van der Waals surface area contributed by atoms with Crippen LogP contribution in [0.5, 0.6) is 0 Å². The average Bonchev–Trinajstić information content (AvgIpc) is 3.19. The van der Waals surface area contributed by atoms with Gasteiger partial charge in [-0.25, -0.2) is 13.2 Å². The van der Waals surface area contributed by atoms with Gasteiger partial charge in [0.05, 0.1) is 32.2 Å². The zero-order valence-electron chi connectivity index (χ0n) is 18.0. The highest BCUT2D eigenvalue weighted by molar-refractivity contribution is 8.00. The van der Waals surface area contributed by atoms with Crippen LogP contribution >= 0.6 is 11.8 Å². The fourth-order valence-electron chi connectivity index (χ4n) is 4.21. The Morgan fingerprint density at radius 2 is 1.97 bits per heavy atom. The van der Waals surface area contributed by atoms with Gasteiger partial charge in [-0.05, 0) is 19.3 Å². The van der Waals surface area contributed by atoms with E-state index in [1.54, 1.807) is 7.05 Å².